The molecule has 2 aromatic heterocycles. The van der Waals surface area contributed by atoms with Crippen LogP contribution in [0.4, 0.5) is 0 Å². The Morgan fingerprint density at radius 1 is 1.11 bits per heavy atom. The molecule has 11 heteroatoms. The summed E-state index contributed by atoms with van der Waals surface area (Å²) in [6.45, 7) is 0. The highest BCUT2D eigenvalue weighted by Gasteiger charge is 2.19. The van der Waals surface area contributed by atoms with E-state index < -0.39 is 10.3 Å². The maximum absolute atomic E-state index is 11.1. The maximum atomic E-state index is 11.1. The Morgan fingerprint density at radius 2 is 1.85 bits per heavy atom. The minimum atomic E-state index is -4.07. The SMILES string of the molecule is Cn1nnc2ccc(C(c3ccc(OS(N)(=O)=O)cc3)n3cncn3)cc21. The van der Waals surface area contributed by atoms with E-state index in [0.717, 1.165) is 22.2 Å². The smallest absolute Gasteiger partial charge is 0.371 e. The molecule has 2 N–H and O–H groups in total. The maximum Gasteiger partial charge on any atom is 0.380 e. The van der Waals surface area contributed by atoms with Crippen LogP contribution in [0.5, 0.6) is 5.75 Å². The summed E-state index contributed by atoms with van der Waals surface area (Å²) in [5, 5.41) is 17.3. The van der Waals surface area contributed by atoms with Crippen molar-refractivity contribution >= 4 is 21.3 Å². The van der Waals surface area contributed by atoms with Gasteiger partial charge in [0.2, 0.25) is 0 Å². The first-order valence-electron chi connectivity index (χ1n) is 7.86. The second kappa shape index (κ2) is 6.45. The minimum Gasteiger partial charge on any atom is -0.371 e. The van der Waals surface area contributed by atoms with E-state index in [2.05, 4.69) is 20.4 Å². The molecular formula is C16H15N7O3S. The summed E-state index contributed by atoms with van der Waals surface area (Å²) in [6, 6.07) is 12.1. The number of rotatable bonds is 5. The lowest BCUT2D eigenvalue weighted by atomic mass is 9.98. The van der Waals surface area contributed by atoms with Gasteiger partial charge in [0.1, 0.15) is 30.0 Å². The average molecular weight is 385 g/mol. The number of hydrogen-bond donors (Lipinski definition) is 1. The van der Waals surface area contributed by atoms with Gasteiger partial charge in [-0.25, -0.2) is 14.3 Å². The summed E-state index contributed by atoms with van der Waals surface area (Å²) in [4.78, 5) is 4.03. The van der Waals surface area contributed by atoms with E-state index in [9.17, 15) is 8.42 Å². The van der Waals surface area contributed by atoms with Crippen LogP contribution in [0.15, 0.2) is 55.1 Å². The van der Waals surface area contributed by atoms with Gasteiger partial charge in [-0.05, 0) is 35.4 Å². The van der Waals surface area contributed by atoms with Crippen molar-refractivity contribution in [1.82, 2.24) is 29.8 Å². The molecule has 2 aromatic carbocycles. The first-order valence-corrected chi connectivity index (χ1v) is 9.33. The molecule has 4 rings (SSSR count). The fourth-order valence-corrected chi connectivity index (χ4v) is 3.29. The van der Waals surface area contributed by atoms with E-state index in [1.165, 1.54) is 18.5 Å². The predicted octanol–water partition coefficient (Wildman–Crippen LogP) is 0.780. The van der Waals surface area contributed by atoms with Crippen molar-refractivity contribution in [2.75, 3.05) is 0 Å². The molecule has 1 unspecified atom stereocenters. The molecule has 138 valence electrons. The average Bonchev–Trinajstić information content (AvgIpc) is 3.26. The zero-order chi connectivity index (χ0) is 19.0. The lowest BCUT2D eigenvalue weighted by Gasteiger charge is -2.18. The Balaban J connectivity index is 1.78. The number of benzene rings is 2. The summed E-state index contributed by atoms with van der Waals surface area (Å²) in [5.41, 5.74) is 3.47. The molecule has 27 heavy (non-hydrogen) atoms. The Bertz CT molecular complexity index is 1180. The van der Waals surface area contributed by atoms with Crippen molar-refractivity contribution in [2.45, 2.75) is 6.04 Å². The molecule has 0 spiro atoms. The van der Waals surface area contributed by atoms with Gasteiger partial charge in [0.25, 0.3) is 0 Å². The molecule has 4 aromatic rings. The van der Waals surface area contributed by atoms with Crippen LogP contribution in [0.2, 0.25) is 0 Å². The minimum absolute atomic E-state index is 0.130. The lowest BCUT2D eigenvalue weighted by Crippen LogP contribution is -2.19. The Hall–Kier alpha value is -3.31. The van der Waals surface area contributed by atoms with Crippen LogP contribution in [0, 0.1) is 0 Å². The molecule has 0 amide bonds. The number of fused-ring (bicyclic) bond motifs is 1. The second-order valence-electron chi connectivity index (χ2n) is 5.88. The van der Waals surface area contributed by atoms with Crippen molar-refractivity contribution in [2.24, 2.45) is 12.2 Å². The first-order chi connectivity index (χ1) is 12.9. The van der Waals surface area contributed by atoms with Gasteiger partial charge in [-0.2, -0.15) is 18.7 Å². The first kappa shape index (κ1) is 17.1. The molecule has 0 fully saturated rings. The van der Waals surface area contributed by atoms with Crippen molar-refractivity contribution in [3.63, 3.8) is 0 Å². The van der Waals surface area contributed by atoms with Gasteiger partial charge in [-0.15, -0.1) is 5.10 Å². The van der Waals surface area contributed by atoms with Gasteiger partial charge in [0, 0.05) is 7.05 Å². The highest BCUT2D eigenvalue weighted by molar-refractivity contribution is 7.84. The quantitative estimate of drug-likeness (QED) is 0.537. The molecule has 0 aliphatic carbocycles. The fourth-order valence-electron chi connectivity index (χ4n) is 2.91. The molecule has 1 atom stereocenters. The third-order valence-corrected chi connectivity index (χ3v) is 4.48. The number of nitrogens with two attached hydrogens (primary N) is 1. The van der Waals surface area contributed by atoms with Crippen molar-refractivity contribution in [3.05, 3.63) is 66.2 Å². The molecule has 0 bridgehead atoms. The summed E-state index contributed by atoms with van der Waals surface area (Å²) in [7, 11) is -2.25. The van der Waals surface area contributed by atoms with Crippen LogP contribution in [-0.2, 0) is 17.4 Å². The second-order valence-corrected chi connectivity index (χ2v) is 7.04. The van der Waals surface area contributed by atoms with Crippen molar-refractivity contribution in [3.8, 4) is 5.75 Å². The van der Waals surface area contributed by atoms with Crippen LogP contribution in [-0.4, -0.2) is 38.2 Å². The monoisotopic (exact) mass is 385 g/mol. The normalized spacial score (nSPS) is 13.0. The predicted molar refractivity (Wildman–Crippen MR) is 95.9 cm³/mol. The van der Waals surface area contributed by atoms with Crippen molar-refractivity contribution in [1.29, 1.82) is 0 Å². The van der Waals surface area contributed by atoms with E-state index in [1.807, 2.05) is 25.2 Å². The third-order valence-electron chi connectivity index (χ3n) is 4.06. The third kappa shape index (κ3) is 3.50. The van der Waals surface area contributed by atoms with Crippen LogP contribution in [0.1, 0.15) is 17.2 Å². The van der Waals surface area contributed by atoms with Crippen LogP contribution in [0.3, 0.4) is 0 Å². The van der Waals surface area contributed by atoms with E-state index in [-0.39, 0.29) is 11.8 Å². The summed E-state index contributed by atoms with van der Waals surface area (Å²) in [6.07, 6.45) is 3.07. The summed E-state index contributed by atoms with van der Waals surface area (Å²) in [5.74, 6) is 0.130. The van der Waals surface area contributed by atoms with Gasteiger partial charge in [0.05, 0.1) is 5.52 Å². The van der Waals surface area contributed by atoms with E-state index >= 15 is 0 Å². The number of hydrogen-bond acceptors (Lipinski definition) is 7. The molecule has 2 heterocycles. The summed E-state index contributed by atoms with van der Waals surface area (Å²) >= 11 is 0. The number of aryl methyl sites for hydroxylation is 1. The molecule has 0 radical (unpaired) electrons. The largest absolute Gasteiger partial charge is 0.380 e. The van der Waals surface area contributed by atoms with E-state index in [4.69, 9.17) is 9.32 Å². The zero-order valence-electron chi connectivity index (χ0n) is 14.2. The van der Waals surface area contributed by atoms with Gasteiger partial charge in [-0.3, -0.25) is 0 Å². The van der Waals surface area contributed by atoms with Gasteiger partial charge >= 0.3 is 10.3 Å². The summed E-state index contributed by atoms with van der Waals surface area (Å²) < 4.78 is 30.2. The van der Waals surface area contributed by atoms with Crippen LogP contribution >= 0.6 is 0 Å². The fraction of sp³-hybridized carbons (Fsp3) is 0.125. The Labute approximate surface area is 154 Å². The standard InChI is InChI=1S/C16H15N7O3S/c1-22-15-8-12(4-7-14(15)20-21-22)16(23-10-18-9-19-23)11-2-5-13(6-3-11)26-27(17,24)25/h2-10,16H,1H3,(H2,17,24,25). The topological polar surface area (TPSA) is 131 Å². The molecule has 10 nitrogen and oxygen atoms in total. The molecule has 0 saturated heterocycles. The molecule has 0 aliphatic rings. The van der Waals surface area contributed by atoms with Gasteiger partial charge in [-0.1, -0.05) is 23.4 Å². The molecule has 0 aliphatic heterocycles. The highest BCUT2D eigenvalue weighted by atomic mass is 32.2. The van der Waals surface area contributed by atoms with Crippen molar-refractivity contribution < 1.29 is 12.6 Å². The number of nitrogens with zero attached hydrogens (tertiary/aromatic N) is 6. The highest BCUT2D eigenvalue weighted by Crippen LogP contribution is 2.29. The molecular weight excluding hydrogens is 370 g/mol. The Morgan fingerprint density at radius 3 is 2.52 bits per heavy atom. The van der Waals surface area contributed by atoms with E-state index in [0.29, 0.717) is 0 Å². The van der Waals surface area contributed by atoms with Gasteiger partial charge in [0.15, 0.2) is 0 Å². The number of aromatic nitrogens is 6. The lowest BCUT2D eigenvalue weighted by molar-refractivity contribution is 0.487. The van der Waals surface area contributed by atoms with E-state index in [1.54, 1.807) is 27.8 Å². The van der Waals surface area contributed by atoms with Crippen LogP contribution in [0.25, 0.3) is 11.0 Å². The van der Waals surface area contributed by atoms with Gasteiger partial charge < -0.3 is 4.18 Å². The zero-order valence-corrected chi connectivity index (χ0v) is 15.0. The molecule has 0 saturated carbocycles. The van der Waals surface area contributed by atoms with Crippen LogP contribution < -0.4 is 9.32 Å². The Kier molecular flexibility index (Phi) is 4.09.